The van der Waals surface area contributed by atoms with E-state index in [-0.39, 0.29) is 5.56 Å². The average molecular weight is 468 g/mol. The molecule has 9 nitrogen and oxygen atoms in total. The normalized spacial score (nSPS) is 14.4. The Balaban J connectivity index is 1.61. The van der Waals surface area contributed by atoms with Gasteiger partial charge in [-0.1, -0.05) is 13.0 Å². The minimum atomic E-state index is -0.139. The third-order valence-corrected chi connectivity index (χ3v) is 5.86. The lowest BCUT2D eigenvalue weighted by Gasteiger charge is -2.26. The first-order chi connectivity index (χ1) is 16.7. The van der Waals surface area contributed by atoms with Gasteiger partial charge < -0.3 is 24.1 Å². The number of morpholine rings is 1. The number of aromatic nitrogens is 3. The van der Waals surface area contributed by atoms with Crippen molar-refractivity contribution in [2.75, 3.05) is 65.0 Å². The molecule has 0 atom stereocenters. The quantitative estimate of drug-likeness (QED) is 0.431. The van der Waals surface area contributed by atoms with Gasteiger partial charge in [0.2, 0.25) is 5.88 Å². The van der Waals surface area contributed by atoms with E-state index < -0.39 is 0 Å². The van der Waals surface area contributed by atoms with Crippen LogP contribution in [-0.4, -0.2) is 79.2 Å². The predicted molar refractivity (Wildman–Crippen MR) is 133 cm³/mol. The van der Waals surface area contributed by atoms with Crippen molar-refractivity contribution in [3.05, 3.63) is 46.9 Å². The Labute approximate surface area is 199 Å². The standard InChI is InChI=1S/C25H33N5O4/c1-3-13-33-16-12-30-22-17-19(20-5-7-23(32-2)27-18-20)4-6-21(22)28-24(25(30)31)26-8-9-29-10-14-34-15-11-29/h4-7,17-18H,3,8-16H2,1-2H3,(H,26,28). The van der Waals surface area contributed by atoms with Gasteiger partial charge in [0.15, 0.2) is 5.82 Å². The Bertz CT molecular complexity index is 1130. The number of anilines is 1. The monoisotopic (exact) mass is 467 g/mol. The molecule has 0 amide bonds. The summed E-state index contributed by atoms with van der Waals surface area (Å²) in [4.78, 5) is 24.7. The maximum atomic E-state index is 13.4. The van der Waals surface area contributed by atoms with Crippen LogP contribution in [0.5, 0.6) is 5.88 Å². The summed E-state index contributed by atoms with van der Waals surface area (Å²) in [7, 11) is 1.59. The number of rotatable bonds is 11. The molecule has 182 valence electrons. The van der Waals surface area contributed by atoms with Crippen LogP contribution in [-0.2, 0) is 16.0 Å². The molecule has 0 unspecified atom stereocenters. The molecule has 0 bridgehead atoms. The molecule has 0 radical (unpaired) electrons. The lowest BCUT2D eigenvalue weighted by molar-refractivity contribution is 0.0398. The van der Waals surface area contributed by atoms with Crippen molar-refractivity contribution in [1.29, 1.82) is 0 Å². The number of nitrogens with zero attached hydrogens (tertiary/aromatic N) is 4. The summed E-state index contributed by atoms with van der Waals surface area (Å²) in [5.74, 6) is 0.930. The number of nitrogens with one attached hydrogen (secondary N) is 1. The van der Waals surface area contributed by atoms with E-state index >= 15 is 0 Å². The van der Waals surface area contributed by atoms with Gasteiger partial charge in [-0.3, -0.25) is 9.69 Å². The fourth-order valence-corrected chi connectivity index (χ4v) is 3.99. The second kappa shape index (κ2) is 11.9. The van der Waals surface area contributed by atoms with Crippen LogP contribution in [0.4, 0.5) is 5.82 Å². The van der Waals surface area contributed by atoms with E-state index in [1.165, 1.54) is 0 Å². The Morgan fingerprint density at radius 2 is 1.91 bits per heavy atom. The van der Waals surface area contributed by atoms with Gasteiger partial charge in [0.1, 0.15) is 0 Å². The van der Waals surface area contributed by atoms with Gasteiger partial charge in [-0.05, 0) is 30.2 Å². The number of methoxy groups -OCH3 is 1. The molecule has 2 aromatic heterocycles. The zero-order valence-electron chi connectivity index (χ0n) is 20.0. The molecular weight excluding hydrogens is 434 g/mol. The molecule has 1 aliphatic rings. The number of ether oxygens (including phenoxy) is 3. The summed E-state index contributed by atoms with van der Waals surface area (Å²) >= 11 is 0. The summed E-state index contributed by atoms with van der Waals surface area (Å²) < 4.78 is 18.0. The highest BCUT2D eigenvalue weighted by molar-refractivity contribution is 5.82. The summed E-state index contributed by atoms with van der Waals surface area (Å²) in [6.07, 6.45) is 2.71. The van der Waals surface area contributed by atoms with Crippen LogP contribution in [0.3, 0.4) is 0 Å². The van der Waals surface area contributed by atoms with Crippen LogP contribution in [0.1, 0.15) is 13.3 Å². The van der Waals surface area contributed by atoms with Crippen molar-refractivity contribution in [1.82, 2.24) is 19.4 Å². The van der Waals surface area contributed by atoms with Gasteiger partial charge in [-0.15, -0.1) is 0 Å². The molecular formula is C25H33N5O4. The maximum Gasteiger partial charge on any atom is 0.293 e. The SMILES string of the molecule is CCCOCCn1c(=O)c(NCCN2CCOCC2)nc2ccc(-c3ccc(OC)nc3)cc21. The fraction of sp³-hybridized carbons (Fsp3) is 0.480. The van der Waals surface area contributed by atoms with Crippen LogP contribution < -0.4 is 15.6 Å². The first kappa shape index (κ1) is 24.1. The Hall–Kier alpha value is -3.01. The van der Waals surface area contributed by atoms with Gasteiger partial charge in [0, 0.05) is 57.2 Å². The summed E-state index contributed by atoms with van der Waals surface area (Å²) in [6.45, 7) is 8.49. The Kier molecular flexibility index (Phi) is 8.46. The van der Waals surface area contributed by atoms with Crippen LogP contribution in [0, 0.1) is 0 Å². The number of benzene rings is 1. The average Bonchev–Trinajstić information content (AvgIpc) is 2.88. The highest BCUT2D eigenvalue weighted by Crippen LogP contribution is 2.24. The zero-order chi connectivity index (χ0) is 23.8. The summed E-state index contributed by atoms with van der Waals surface area (Å²) in [5, 5.41) is 3.26. The van der Waals surface area contributed by atoms with E-state index in [0.717, 1.165) is 61.4 Å². The number of fused-ring (bicyclic) bond motifs is 1. The second-order valence-corrected chi connectivity index (χ2v) is 8.20. The third-order valence-electron chi connectivity index (χ3n) is 5.86. The first-order valence-corrected chi connectivity index (χ1v) is 11.9. The smallest absolute Gasteiger partial charge is 0.293 e. The third kappa shape index (κ3) is 5.91. The van der Waals surface area contributed by atoms with Crippen molar-refractivity contribution in [2.45, 2.75) is 19.9 Å². The van der Waals surface area contributed by atoms with E-state index in [4.69, 9.17) is 14.2 Å². The van der Waals surface area contributed by atoms with Crippen molar-refractivity contribution in [2.24, 2.45) is 0 Å². The highest BCUT2D eigenvalue weighted by atomic mass is 16.5. The van der Waals surface area contributed by atoms with Gasteiger partial charge in [-0.2, -0.15) is 0 Å². The molecule has 1 aliphatic heterocycles. The topological polar surface area (TPSA) is 90.7 Å². The molecule has 3 heterocycles. The summed E-state index contributed by atoms with van der Waals surface area (Å²) in [5.41, 5.74) is 3.29. The molecule has 3 aromatic rings. The first-order valence-electron chi connectivity index (χ1n) is 11.9. The van der Waals surface area contributed by atoms with Crippen molar-refractivity contribution >= 4 is 16.9 Å². The van der Waals surface area contributed by atoms with E-state index in [1.807, 2.05) is 30.3 Å². The van der Waals surface area contributed by atoms with E-state index in [2.05, 4.69) is 27.1 Å². The number of hydrogen-bond acceptors (Lipinski definition) is 8. The van der Waals surface area contributed by atoms with Gasteiger partial charge in [0.25, 0.3) is 5.56 Å². The lowest BCUT2D eigenvalue weighted by Crippen LogP contribution is -2.39. The molecule has 34 heavy (non-hydrogen) atoms. The molecule has 0 aliphatic carbocycles. The number of pyridine rings is 1. The van der Waals surface area contributed by atoms with Crippen LogP contribution in [0.15, 0.2) is 41.3 Å². The van der Waals surface area contributed by atoms with Gasteiger partial charge >= 0.3 is 0 Å². The minimum Gasteiger partial charge on any atom is -0.481 e. The van der Waals surface area contributed by atoms with Gasteiger partial charge in [-0.25, -0.2) is 9.97 Å². The largest absolute Gasteiger partial charge is 0.481 e. The molecule has 0 saturated carbocycles. The molecule has 4 rings (SSSR count). The van der Waals surface area contributed by atoms with Crippen LogP contribution in [0.25, 0.3) is 22.2 Å². The van der Waals surface area contributed by atoms with E-state index in [1.54, 1.807) is 17.9 Å². The minimum absolute atomic E-state index is 0.139. The van der Waals surface area contributed by atoms with Crippen LogP contribution in [0.2, 0.25) is 0 Å². The predicted octanol–water partition coefficient (Wildman–Crippen LogP) is 2.64. The fourth-order valence-electron chi connectivity index (χ4n) is 3.99. The lowest BCUT2D eigenvalue weighted by atomic mass is 10.1. The second-order valence-electron chi connectivity index (χ2n) is 8.20. The van der Waals surface area contributed by atoms with Gasteiger partial charge in [0.05, 0.1) is 38.0 Å². The molecule has 1 saturated heterocycles. The molecule has 1 N–H and O–H groups in total. The molecule has 1 aromatic carbocycles. The molecule has 0 spiro atoms. The molecule has 1 fully saturated rings. The van der Waals surface area contributed by atoms with E-state index in [0.29, 0.717) is 38.0 Å². The Morgan fingerprint density at radius 1 is 1.09 bits per heavy atom. The summed E-state index contributed by atoms with van der Waals surface area (Å²) in [6, 6.07) is 9.72. The Morgan fingerprint density at radius 3 is 2.65 bits per heavy atom. The van der Waals surface area contributed by atoms with Crippen molar-refractivity contribution in [3.8, 4) is 17.0 Å². The van der Waals surface area contributed by atoms with E-state index in [9.17, 15) is 4.79 Å². The highest BCUT2D eigenvalue weighted by Gasteiger charge is 2.14. The number of hydrogen-bond donors (Lipinski definition) is 1. The zero-order valence-corrected chi connectivity index (χ0v) is 20.0. The van der Waals surface area contributed by atoms with Crippen molar-refractivity contribution < 1.29 is 14.2 Å². The van der Waals surface area contributed by atoms with Crippen molar-refractivity contribution in [3.63, 3.8) is 0 Å². The molecule has 9 heteroatoms. The maximum absolute atomic E-state index is 13.4. The van der Waals surface area contributed by atoms with Crippen LogP contribution >= 0.6 is 0 Å².